The second kappa shape index (κ2) is 13.2. The van der Waals surface area contributed by atoms with Gasteiger partial charge in [-0.1, -0.05) is 41.9 Å². The summed E-state index contributed by atoms with van der Waals surface area (Å²) in [4.78, 5) is 12.1. The maximum Gasteiger partial charge on any atom is 0.139 e. The van der Waals surface area contributed by atoms with Gasteiger partial charge in [0.1, 0.15) is 17.3 Å². The molecule has 31 heavy (non-hydrogen) atoms. The second-order valence-electron chi connectivity index (χ2n) is 9.05. The third-order valence-electron chi connectivity index (χ3n) is 5.51. The van der Waals surface area contributed by atoms with Crippen molar-refractivity contribution in [2.45, 2.75) is 86.2 Å². The Morgan fingerprint density at radius 3 is 2.39 bits per heavy atom. The molecule has 0 heterocycles. The molecule has 4 heteroatoms. The molecule has 0 amide bonds. The van der Waals surface area contributed by atoms with Gasteiger partial charge >= 0.3 is 0 Å². The van der Waals surface area contributed by atoms with Crippen molar-refractivity contribution in [2.24, 2.45) is 5.92 Å². The number of rotatable bonds is 12. The molecule has 0 aliphatic heterocycles. The molecule has 0 aliphatic carbocycles. The molecule has 0 bridgehead atoms. The van der Waals surface area contributed by atoms with Crippen molar-refractivity contribution in [3.8, 4) is 11.5 Å². The van der Waals surface area contributed by atoms with Crippen LogP contribution in [-0.2, 0) is 11.2 Å². The van der Waals surface area contributed by atoms with Gasteiger partial charge < -0.3 is 15.3 Å². The molecule has 0 saturated heterocycles. The van der Waals surface area contributed by atoms with Gasteiger partial charge in [0.2, 0.25) is 0 Å². The van der Waals surface area contributed by atoms with E-state index in [1.165, 1.54) is 11.6 Å². The van der Waals surface area contributed by atoms with Gasteiger partial charge in [-0.15, -0.1) is 0 Å². The second-order valence-corrected chi connectivity index (χ2v) is 9.05. The number of Topliss-reactive ketones (excluding diaryl/α,β-unsaturated/α-hetero) is 1. The summed E-state index contributed by atoms with van der Waals surface area (Å²) in [6, 6.07) is 3.10. The highest BCUT2D eigenvalue weighted by Crippen LogP contribution is 2.28. The van der Waals surface area contributed by atoms with E-state index in [2.05, 4.69) is 0 Å². The summed E-state index contributed by atoms with van der Waals surface area (Å²) in [6.07, 6.45) is 9.49. The highest BCUT2D eigenvalue weighted by Gasteiger charge is 2.11. The van der Waals surface area contributed by atoms with Gasteiger partial charge in [-0.3, -0.25) is 4.79 Å². The van der Waals surface area contributed by atoms with E-state index in [1.54, 1.807) is 13.0 Å². The van der Waals surface area contributed by atoms with Gasteiger partial charge in [0.25, 0.3) is 0 Å². The van der Waals surface area contributed by atoms with Crippen molar-refractivity contribution in [1.29, 1.82) is 0 Å². The van der Waals surface area contributed by atoms with Gasteiger partial charge in [-0.25, -0.2) is 0 Å². The number of hydrogen-bond acceptors (Lipinski definition) is 4. The zero-order valence-electron chi connectivity index (χ0n) is 20.0. The summed E-state index contributed by atoms with van der Waals surface area (Å²) >= 11 is 0. The number of aromatic hydroxyl groups is 2. The van der Waals surface area contributed by atoms with Crippen molar-refractivity contribution in [3.05, 3.63) is 58.2 Å². The lowest BCUT2D eigenvalue weighted by Crippen LogP contribution is -2.10. The Bertz CT molecular complexity index is 826. The molecule has 0 fully saturated rings. The molecule has 0 saturated carbocycles. The summed E-state index contributed by atoms with van der Waals surface area (Å²) in [5.41, 5.74) is 4.64. The molecule has 172 valence electrons. The van der Waals surface area contributed by atoms with Crippen LogP contribution in [0.15, 0.2) is 47.1 Å². The first kappa shape index (κ1) is 26.7. The average Bonchev–Trinajstić information content (AvgIpc) is 2.67. The number of allylic oxidation sites excluding steroid dienone is 4. The molecule has 1 aromatic rings. The van der Waals surface area contributed by atoms with E-state index in [0.717, 1.165) is 30.4 Å². The van der Waals surface area contributed by atoms with Gasteiger partial charge in [-0.2, -0.15) is 0 Å². The Hall–Kier alpha value is -2.33. The monoisotopic (exact) mass is 428 g/mol. The van der Waals surface area contributed by atoms with Crippen LogP contribution in [-0.4, -0.2) is 27.2 Å². The summed E-state index contributed by atoms with van der Waals surface area (Å²) in [7, 11) is 0. The van der Waals surface area contributed by atoms with Crippen LogP contribution in [0.2, 0.25) is 0 Å². The van der Waals surface area contributed by atoms with Gasteiger partial charge in [0.05, 0.1) is 6.10 Å². The largest absolute Gasteiger partial charge is 0.508 e. The van der Waals surface area contributed by atoms with E-state index in [1.807, 2.05) is 52.8 Å². The highest BCUT2D eigenvalue weighted by atomic mass is 16.3. The number of carbonyl (C=O) groups is 1. The van der Waals surface area contributed by atoms with E-state index in [-0.39, 0.29) is 23.2 Å². The molecular formula is C27H40O4. The third kappa shape index (κ3) is 10.5. The number of benzene rings is 1. The Kier molecular flexibility index (Phi) is 11.3. The zero-order valence-corrected chi connectivity index (χ0v) is 20.0. The minimum atomic E-state index is -0.563. The van der Waals surface area contributed by atoms with E-state index in [0.29, 0.717) is 30.4 Å². The van der Waals surface area contributed by atoms with Crippen LogP contribution < -0.4 is 0 Å². The average molecular weight is 429 g/mol. The molecular weight excluding hydrogens is 388 g/mol. The maximum absolute atomic E-state index is 12.1. The first-order chi connectivity index (χ1) is 14.5. The van der Waals surface area contributed by atoms with E-state index in [9.17, 15) is 20.1 Å². The van der Waals surface area contributed by atoms with Crippen LogP contribution in [0.4, 0.5) is 0 Å². The fraction of sp³-hybridized carbons (Fsp3) is 0.519. The van der Waals surface area contributed by atoms with Crippen molar-refractivity contribution in [1.82, 2.24) is 0 Å². The predicted octanol–water partition coefficient (Wildman–Crippen LogP) is 6.32. The molecule has 4 nitrogen and oxygen atoms in total. The number of phenols is 2. The Morgan fingerprint density at radius 1 is 1.06 bits per heavy atom. The summed E-state index contributed by atoms with van der Waals surface area (Å²) < 4.78 is 0. The maximum atomic E-state index is 12.1. The fourth-order valence-corrected chi connectivity index (χ4v) is 3.51. The van der Waals surface area contributed by atoms with E-state index >= 15 is 0 Å². The van der Waals surface area contributed by atoms with Crippen LogP contribution in [0.5, 0.6) is 11.5 Å². The minimum Gasteiger partial charge on any atom is -0.508 e. The summed E-state index contributed by atoms with van der Waals surface area (Å²) in [6.45, 7) is 11.7. The quantitative estimate of drug-likeness (QED) is 0.269. The number of carbonyl (C=O) groups excluding carboxylic acids is 1. The number of ketones is 1. The van der Waals surface area contributed by atoms with Crippen LogP contribution in [0.1, 0.15) is 77.8 Å². The minimum absolute atomic E-state index is 0.0657. The van der Waals surface area contributed by atoms with Crippen molar-refractivity contribution in [2.75, 3.05) is 0 Å². The third-order valence-corrected chi connectivity index (χ3v) is 5.51. The van der Waals surface area contributed by atoms with Crippen LogP contribution in [0.3, 0.4) is 0 Å². The number of aliphatic hydroxyl groups excluding tert-OH is 1. The van der Waals surface area contributed by atoms with Crippen molar-refractivity contribution >= 4 is 5.78 Å². The molecule has 0 spiro atoms. The molecule has 1 aromatic carbocycles. The van der Waals surface area contributed by atoms with Crippen LogP contribution in [0.25, 0.3) is 0 Å². The van der Waals surface area contributed by atoms with E-state index in [4.69, 9.17) is 0 Å². The number of aryl methyl sites for hydroxylation is 1. The smallest absolute Gasteiger partial charge is 0.139 e. The standard InChI is InChI=1S/C27H40O4/c1-18(2)10-13-26(30)21(5)9-7-8-19(3)14-24(28)15-20(4)11-12-23-17-25(29)16-22(6)27(23)31/h10-11,14,16-17,21,24,28-29,31H,7-9,12-13,15H2,1-6H3. The Labute approximate surface area is 188 Å². The first-order valence-corrected chi connectivity index (χ1v) is 11.2. The summed E-state index contributed by atoms with van der Waals surface area (Å²) in [5.74, 6) is 0.696. The van der Waals surface area contributed by atoms with Gasteiger partial charge in [-0.05, 0) is 84.4 Å². The number of aliphatic hydroxyl groups is 1. The zero-order chi connectivity index (χ0) is 23.6. The van der Waals surface area contributed by atoms with Crippen LogP contribution >= 0.6 is 0 Å². The molecule has 1 rings (SSSR count). The Balaban J connectivity index is 2.49. The molecule has 0 radical (unpaired) electrons. The molecule has 3 N–H and O–H groups in total. The van der Waals surface area contributed by atoms with Crippen molar-refractivity contribution < 1.29 is 20.1 Å². The molecule has 2 unspecified atom stereocenters. The van der Waals surface area contributed by atoms with E-state index < -0.39 is 6.10 Å². The van der Waals surface area contributed by atoms with Crippen LogP contribution in [0, 0.1) is 12.8 Å². The number of phenolic OH excluding ortho intramolecular Hbond substituents is 2. The molecule has 0 aliphatic rings. The lowest BCUT2D eigenvalue weighted by Gasteiger charge is -2.11. The topological polar surface area (TPSA) is 77.8 Å². The highest BCUT2D eigenvalue weighted by molar-refractivity contribution is 5.82. The SMILES string of the molecule is CC(C)=CCC(=O)C(C)CCCC(C)=CC(O)CC(C)=CCc1cc(O)cc(C)c1O. The predicted molar refractivity (Wildman–Crippen MR) is 128 cm³/mol. The first-order valence-electron chi connectivity index (χ1n) is 11.2. The lowest BCUT2D eigenvalue weighted by molar-refractivity contribution is -0.121. The molecule has 2 atom stereocenters. The summed E-state index contributed by atoms with van der Waals surface area (Å²) in [5, 5.41) is 30.2. The van der Waals surface area contributed by atoms with Crippen molar-refractivity contribution in [3.63, 3.8) is 0 Å². The van der Waals surface area contributed by atoms with Gasteiger partial charge in [0.15, 0.2) is 0 Å². The normalized spacial score (nSPS) is 14.3. The van der Waals surface area contributed by atoms with Gasteiger partial charge in [0, 0.05) is 17.9 Å². The fourth-order valence-electron chi connectivity index (χ4n) is 3.51. The lowest BCUT2D eigenvalue weighted by atomic mass is 9.95. The number of hydrogen-bond donors (Lipinski definition) is 3. The Morgan fingerprint density at radius 2 is 1.74 bits per heavy atom. The molecule has 0 aromatic heterocycles.